The van der Waals surface area contributed by atoms with Crippen molar-refractivity contribution in [3.63, 3.8) is 0 Å². The third-order valence-corrected chi connectivity index (χ3v) is 5.98. The van der Waals surface area contributed by atoms with Crippen molar-refractivity contribution in [1.82, 2.24) is 9.91 Å². The summed E-state index contributed by atoms with van der Waals surface area (Å²) in [6.07, 6.45) is 0.644. The van der Waals surface area contributed by atoms with Crippen molar-refractivity contribution in [2.75, 3.05) is 19.6 Å². The van der Waals surface area contributed by atoms with Gasteiger partial charge in [0.25, 0.3) is 5.91 Å². The van der Waals surface area contributed by atoms with E-state index in [0.717, 1.165) is 16.8 Å². The molecule has 3 unspecified atom stereocenters. The first-order chi connectivity index (χ1) is 14.8. The molecule has 0 bridgehead atoms. The molecule has 0 aromatic heterocycles. The van der Waals surface area contributed by atoms with Gasteiger partial charge in [0.15, 0.2) is 0 Å². The summed E-state index contributed by atoms with van der Waals surface area (Å²) in [5.41, 5.74) is 4.62. The van der Waals surface area contributed by atoms with Gasteiger partial charge in [-0.2, -0.15) is 5.10 Å². The standard InChI is InChI=1S/C25H30FN3O2/c1-16-9-10-20(17(2)11-16)23-12-24(21-7-5-6-8-22(21)26)29(27-23)25(30)15-28-13-18(3)31-19(4)14-28/h5-11,18-19,24H,12-15H2,1-4H3. The van der Waals surface area contributed by atoms with Crippen molar-refractivity contribution in [3.8, 4) is 0 Å². The Morgan fingerprint density at radius 3 is 2.52 bits per heavy atom. The predicted octanol–water partition coefficient (Wildman–Crippen LogP) is 4.23. The van der Waals surface area contributed by atoms with E-state index in [2.05, 4.69) is 17.9 Å². The zero-order valence-corrected chi connectivity index (χ0v) is 18.6. The van der Waals surface area contributed by atoms with Crippen LogP contribution >= 0.6 is 0 Å². The van der Waals surface area contributed by atoms with Crippen LogP contribution in [-0.2, 0) is 9.53 Å². The van der Waals surface area contributed by atoms with Crippen molar-refractivity contribution >= 4 is 11.6 Å². The van der Waals surface area contributed by atoms with E-state index in [1.165, 1.54) is 16.6 Å². The van der Waals surface area contributed by atoms with Crippen molar-refractivity contribution < 1.29 is 13.9 Å². The Balaban J connectivity index is 1.64. The third-order valence-electron chi connectivity index (χ3n) is 5.98. The number of ether oxygens (including phenoxy) is 1. The van der Waals surface area contributed by atoms with Gasteiger partial charge in [-0.25, -0.2) is 9.40 Å². The van der Waals surface area contributed by atoms with Crippen molar-refractivity contribution in [2.24, 2.45) is 5.10 Å². The highest BCUT2D eigenvalue weighted by Gasteiger charge is 2.36. The number of morpholine rings is 1. The molecule has 2 aliphatic rings. The van der Waals surface area contributed by atoms with Gasteiger partial charge in [0, 0.05) is 30.6 Å². The van der Waals surface area contributed by atoms with E-state index < -0.39 is 6.04 Å². The molecule has 164 valence electrons. The molecule has 5 nitrogen and oxygen atoms in total. The van der Waals surface area contributed by atoms with Gasteiger partial charge in [0.1, 0.15) is 5.82 Å². The number of hydrogen-bond donors (Lipinski definition) is 0. The molecule has 2 aliphatic heterocycles. The summed E-state index contributed by atoms with van der Waals surface area (Å²) in [5, 5.41) is 6.22. The predicted molar refractivity (Wildman–Crippen MR) is 120 cm³/mol. The van der Waals surface area contributed by atoms with Crippen LogP contribution in [0.25, 0.3) is 0 Å². The number of benzene rings is 2. The number of carbonyl (C=O) groups is 1. The van der Waals surface area contributed by atoms with Gasteiger partial charge >= 0.3 is 0 Å². The molecular formula is C25H30FN3O2. The molecule has 0 spiro atoms. The summed E-state index contributed by atoms with van der Waals surface area (Å²) in [4.78, 5) is 15.5. The number of carbonyl (C=O) groups excluding carboxylic acids is 1. The molecule has 4 rings (SSSR count). The van der Waals surface area contributed by atoms with Gasteiger partial charge in [0.05, 0.1) is 30.5 Å². The molecule has 31 heavy (non-hydrogen) atoms. The zero-order chi connectivity index (χ0) is 22.1. The maximum absolute atomic E-state index is 14.7. The third kappa shape index (κ3) is 4.70. The van der Waals surface area contributed by atoms with E-state index in [1.807, 2.05) is 39.0 Å². The Bertz CT molecular complexity index is 996. The highest BCUT2D eigenvalue weighted by molar-refractivity contribution is 6.04. The molecule has 1 amide bonds. The van der Waals surface area contributed by atoms with Crippen molar-refractivity contribution in [2.45, 2.75) is 52.4 Å². The summed E-state index contributed by atoms with van der Waals surface area (Å²) >= 11 is 0. The number of hydrogen-bond acceptors (Lipinski definition) is 4. The summed E-state index contributed by atoms with van der Waals surface area (Å²) in [7, 11) is 0. The van der Waals surface area contributed by atoms with E-state index in [1.54, 1.807) is 12.1 Å². The molecule has 0 saturated carbocycles. The van der Waals surface area contributed by atoms with Crippen LogP contribution in [0.2, 0.25) is 0 Å². The summed E-state index contributed by atoms with van der Waals surface area (Å²) in [5.74, 6) is -0.426. The number of aryl methyl sites for hydroxylation is 2. The molecule has 3 atom stereocenters. The Morgan fingerprint density at radius 2 is 1.84 bits per heavy atom. The SMILES string of the molecule is Cc1ccc(C2=NN(C(=O)CN3CC(C)OC(C)C3)C(c3ccccc3F)C2)c(C)c1. The van der Waals surface area contributed by atoms with Crippen LogP contribution in [0.1, 0.15) is 48.6 Å². The van der Waals surface area contributed by atoms with Crippen LogP contribution in [0.3, 0.4) is 0 Å². The lowest BCUT2D eigenvalue weighted by Gasteiger charge is -2.35. The first kappa shape index (κ1) is 21.7. The fraction of sp³-hybridized carbons (Fsp3) is 0.440. The number of rotatable bonds is 4. The van der Waals surface area contributed by atoms with E-state index in [0.29, 0.717) is 25.1 Å². The number of amides is 1. The summed E-state index contributed by atoms with van der Waals surface area (Å²) in [6, 6.07) is 12.4. The largest absolute Gasteiger partial charge is 0.373 e. The molecule has 6 heteroatoms. The van der Waals surface area contributed by atoms with E-state index in [-0.39, 0.29) is 30.5 Å². The van der Waals surface area contributed by atoms with Gasteiger partial charge in [0.2, 0.25) is 0 Å². The van der Waals surface area contributed by atoms with Crippen LogP contribution in [0.5, 0.6) is 0 Å². The average molecular weight is 424 g/mol. The molecule has 0 N–H and O–H groups in total. The molecule has 1 saturated heterocycles. The Morgan fingerprint density at radius 1 is 1.13 bits per heavy atom. The van der Waals surface area contributed by atoms with Crippen molar-refractivity contribution in [1.29, 1.82) is 0 Å². The van der Waals surface area contributed by atoms with E-state index in [4.69, 9.17) is 9.84 Å². The minimum atomic E-state index is -0.444. The molecular weight excluding hydrogens is 393 g/mol. The Hall–Kier alpha value is -2.57. The number of nitrogens with zero attached hydrogens (tertiary/aromatic N) is 3. The minimum absolute atomic E-state index is 0.0757. The van der Waals surface area contributed by atoms with Crippen LogP contribution in [-0.4, -0.2) is 53.4 Å². The first-order valence-electron chi connectivity index (χ1n) is 10.9. The van der Waals surface area contributed by atoms with Gasteiger partial charge < -0.3 is 4.74 Å². The molecule has 0 aliphatic carbocycles. The van der Waals surface area contributed by atoms with Crippen LogP contribution < -0.4 is 0 Å². The smallest absolute Gasteiger partial charge is 0.257 e. The molecule has 2 aromatic carbocycles. The molecule has 0 radical (unpaired) electrons. The molecule has 2 aromatic rings. The Labute approximate surface area is 183 Å². The second-order valence-corrected chi connectivity index (χ2v) is 8.80. The average Bonchev–Trinajstić information content (AvgIpc) is 3.12. The van der Waals surface area contributed by atoms with E-state index >= 15 is 0 Å². The van der Waals surface area contributed by atoms with Crippen LogP contribution in [0.4, 0.5) is 4.39 Å². The fourth-order valence-corrected chi connectivity index (χ4v) is 4.71. The van der Waals surface area contributed by atoms with Crippen LogP contribution in [0.15, 0.2) is 47.6 Å². The molecule has 2 heterocycles. The maximum atomic E-state index is 14.7. The van der Waals surface area contributed by atoms with Gasteiger partial charge in [-0.05, 0) is 39.3 Å². The maximum Gasteiger partial charge on any atom is 0.257 e. The zero-order valence-electron chi connectivity index (χ0n) is 18.6. The van der Waals surface area contributed by atoms with Gasteiger partial charge in [-0.3, -0.25) is 9.69 Å². The summed E-state index contributed by atoms with van der Waals surface area (Å²) < 4.78 is 20.5. The lowest BCUT2D eigenvalue weighted by atomic mass is 9.95. The highest BCUT2D eigenvalue weighted by Crippen LogP contribution is 2.35. The molecule has 1 fully saturated rings. The van der Waals surface area contributed by atoms with Gasteiger partial charge in [-0.15, -0.1) is 0 Å². The van der Waals surface area contributed by atoms with Gasteiger partial charge in [-0.1, -0.05) is 42.0 Å². The number of halogens is 1. The Kier molecular flexibility index (Phi) is 6.21. The first-order valence-corrected chi connectivity index (χ1v) is 10.9. The monoisotopic (exact) mass is 423 g/mol. The second-order valence-electron chi connectivity index (χ2n) is 8.80. The van der Waals surface area contributed by atoms with Crippen LogP contribution in [0, 0.1) is 19.7 Å². The highest BCUT2D eigenvalue weighted by atomic mass is 19.1. The topological polar surface area (TPSA) is 45.1 Å². The minimum Gasteiger partial charge on any atom is -0.373 e. The summed E-state index contributed by atoms with van der Waals surface area (Å²) in [6.45, 7) is 9.76. The quantitative estimate of drug-likeness (QED) is 0.739. The van der Waals surface area contributed by atoms with E-state index in [9.17, 15) is 9.18 Å². The normalized spacial score (nSPS) is 24.4. The van der Waals surface area contributed by atoms with Crippen molar-refractivity contribution in [3.05, 3.63) is 70.5 Å². The fourth-order valence-electron chi connectivity index (χ4n) is 4.71. The number of hydrazone groups is 1. The lowest BCUT2D eigenvalue weighted by Crippen LogP contribution is -2.49. The lowest BCUT2D eigenvalue weighted by molar-refractivity contribution is -0.137. The second kappa shape index (κ2) is 8.89.